The van der Waals surface area contributed by atoms with Gasteiger partial charge in [0.05, 0.1) is 11.1 Å². The molecule has 0 spiro atoms. The molecule has 0 radical (unpaired) electrons. The molecule has 6 nitrogen and oxygen atoms in total. The fraction of sp³-hybridized carbons (Fsp3) is 0.333. The van der Waals surface area contributed by atoms with E-state index in [1.54, 1.807) is 55.5 Å². The zero-order chi connectivity index (χ0) is 19.0. The van der Waals surface area contributed by atoms with E-state index < -0.39 is 42.1 Å². The number of fused-ring (bicyclic) bond motifs is 1. The van der Waals surface area contributed by atoms with Gasteiger partial charge in [0, 0.05) is 0 Å². The lowest BCUT2D eigenvalue weighted by Gasteiger charge is -2.28. The Balaban J connectivity index is 1.47. The summed E-state index contributed by atoms with van der Waals surface area (Å²) in [7, 11) is 0. The van der Waals surface area contributed by atoms with E-state index in [1.165, 1.54) is 0 Å². The molecule has 2 aromatic carbocycles. The fourth-order valence-corrected chi connectivity index (χ4v) is 3.28. The smallest absolute Gasteiger partial charge is 0.338 e. The second-order valence-electron chi connectivity index (χ2n) is 6.90. The molecule has 0 amide bonds. The van der Waals surface area contributed by atoms with Crippen molar-refractivity contribution >= 4 is 11.9 Å². The Labute approximate surface area is 157 Å². The Kier molecular flexibility index (Phi) is 4.45. The molecule has 2 aromatic rings. The number of esters is 2. The highest BCUT2D eigenvalue weighted by atomic mass is 16.8. The summed E-state index contributed by atoms with van der Waals surface area (Å²) in [5, 5.41) is 0. The molecule has 4 rings (SSSR count). The SMILES string of the molecule is CC(OC(=O)c1ccccc1)C1OC2O[C@]2(C)C1OC(=O)c1ccccc1. The predicted octanol–water partition coefficient (Wildman–Crippen LogP) is 2.97. The minimum atomic E-state index is -0.720. The Bertz CT molecular complexity index is 836. The number of carbonyl (C=O) groups is 2. The highest BCUT2D eigenvalue weighted by Gasteiger charge is 2.71. The normalized spacial score (nSPS) is 29.5. The van der Waals surface area contributed by atoms with Gasteiger partial charge < -0.3 is 18.9 Å². The van der Waals surface area contributed by atoms with Gasteiger partial charge in [-0.2, -0.15) is 0 Å². The van der Waals surface area contributed by atoms with Crippen molar-refractivity contribution in [1.82, 2.24) is 0 Å². The molecular formula is C21H20O6. The van der Waals surface area contributed by atoms with E-state index in [0.717, 1.165) is 0 Å². The first-order valence-electron chi connectivity index (χ1n) is 8.84. The lowest BCUT2D eigenvalue weighted by atomic mass is 9.99. The van der Waals surface area contributed by atoms with Gasteiger partial charge in [-0.25, -0.2) is 9.59 Å². The summed E-state index contributed by atoms with van der Waals surface area (Å²) >= 11 is 0. The van der Waals surface area contributed by atoms with Gasteiger partial charge in [0.2, 0.25) is 0 Å². The first-order chi connectivity index (χ1) is 13.0. The van der Waals surface area contributed by atoms with Gasteiger partial charge >= 0.3 is 11.9 Å². The van der Waals surface area contributed by atoms with Crippen molar-refractivity contribution in [1.29, 1.82) is 0 Å². The standard InChI is InChI=1S/C21H20O6/c1-13(24-18(22)14-9-5-3-6-10-14)16-17(21(2)20(25-16)27-21)26-19(23)15-11-7-4-8-12-15/h3-13,16-17,20H,1-2H3/t13?,16?,17?,20?,21-/m1/s1. The number of carbonyl (C=O) groups excluding carboxylic acids is 2. The molecule has 4 unspecified atom stereocenters. The van der Waals surface area contributed by atoms with Crippen LogP contribution in [0.2, 0.25) is 0 Å². The van der Waals surface area contributed by atoms with Crippen LogP contribution in [0.15, 0.2) is 60.7 Å². The van der Waals surface area contributed by atoms with Crippen molar-refractivity contribution in [3.05, 3.63) is 71.8 Å². The topological polar surface area (TPSA) is 74.4 Å². The van der Waals surface area contributed by atoms with E-state index in [2.05, 4.69) is 0 Å². The second-order valence-corrected chi connectivity index (χ2v) is 6.90. The molecule has 140 valence electrons. The highest BCUT2D eigenvalue weighted by molar-refractivity contribution is 5.90. The first kappa shape index (κ1) is 17.7. The summed E-state index contributed by atoms with van der Waals surface area (Å²) in [6, 6.07) is 17.4. The number of ether oxygens (including phenoxy) is 4. The lowest BCUT2D eigenvalue weighted by Crippen LogP contribution is -2.45. The largest absolute Gasteiger partial charge is 0.456 e. The van der Waals surface area contributed by atoms with Crippen molar-refractivity contribution in [2.24, 2.45) is 0 Å². The molecular weight excluding hydrogens is 348 g/mol. The number of hydrogen-bond acceptors (Lipinski definition) is 6. The molecule has 0 aromatic heterocycles. The molecule has 0 saturated carbocycles. The molecule has 6 heteroatoms. The third kappa shape index (κ3) is 3.34. The fourth-order valence-electron chi connectivity index (χ4n) is 3.28. The second kappa shape index (κ2) is 6.79. The summed E-state index contributed by atoms with van der Waals surface area (Å²) < 4.78 is 22.6. The average molecular weight is 368 g/mol. The van der Waals surface area contributed by atoms with Crippen LogP contribution >= 0.6 is 0 Å². The van der Waals surface area contributed by atoms with Crippen LogP contribution in [0.4, 0.5) is 0 Å². The molecule has 2 heterocycles. The van der Waals surface area contributed by atoms with Crippen molar-refractivity contribution < 1.29 is 28.5 Å². The molecule has 0 aliphatic carbocycles. The first-order valence-corrected chi connectivity index (χ1v) is 8.84. The summed E-state index contributed by atoms with van der Waals surface area (Å²) in [6.45, 7) is 3.55. The molecule has 5 atom stereocenters. The van der Waals surface area contributed by atoms with Gasteiger partial charge in [0.15, 0.2) is 18.0 Å². The monoisotopic (exact) mass is 368 g/mol. The summed E-state index contributed by atoms with van der Waals surface area (Å²) in [4.78, 5) is 24.8. The summed E-state index contributed by atoms with van der Waals surface area (Å²) in [5.74, 6) is -0.917. The minimum absolute atomic E-state index is 0.442. The lowest BCUT2D eigenvalue weighted by molar-refractivity contribution is -0.127. The quantitative estimate of drug-likeness (QED) is 0.597. The van der Waals surface area contributed by atoms with Crippen molar-refractivity contribution in [2.75, 3.05) is 0 Å². The summed E-state index contributed by atoms with van der Waals surface area (Å²) in [5.41, 5.74) is 0.174. The number of epoxide rings is 1. The van der Waals surface area contributed by atoms with E-state index in [-0.39, 0.29) is 0 Å². The van der Waals surface area contributed by atoms with Crippen LogP contribution in [0.25, 0.3) is 0 Å². The van der Waals surface area contributed by atoms with Crippen LogP contribution in [-0.2, 0) is 18.9 Å². The highest BCUT2D eigenvalue weighted by Crippen LogP contribution is 2.51. The molecule has 2 aliphatic heterocycles. The Morgan fingerprint density at radius 2 is 1.52 bits per heavy atom. The van der Waals surface area contributed by atoms with E-state index >= 15 is 0 Å². The van der Waals surface area contributed by atoms with E-state index in [9.17, 15) is 9.59 Å². The molecule has 27 heavy (non-hydrogen) atoms. The Morgan fingerprint density at radius 1 is 0.963 bits per heavy atom. The van der Waals surface area contributed by atoms with Crippen LogP contribution < -0.4 is 0 Å². The average Bonchev–Trinajstić information content (AvgIpc) is 3.28. The van der Waals surface area contributed by atoms with Gasteiger partial charge in [0.25, 0.3) is 0 Å². The van der Waals surface area contributed by atoms with Crippen LogP contribution in [0.5, 0.6) is 0 Å². The predicted molar refractivity (Wildman–Crippen MR) is 95.1 cm³/mol. The van der Waals surface area contributed by atoms with Gasteiger partial charge in [-0.3, -0.25) is 0 Å². The maximum atomic E-state index is 12.5. The van der Waals surface area contributed by atoms with Crippen LogP contribution in [0, 0.1) is 0 Å². The third-order valence-electron chi connectivity index (χ3n) is 4.92. The molecule has 0 bridgehead atoms. The number of rotatable bonds is 5. The van der Waals surface area contributed by atoms with Gasteiger partial charge in [-0.1, -0.05) is 36.4 Å². The van der Waals surface area contributed by atoms with E-state index in [4.69, 9.17) is 18.9 Å². The molecule has 2 saturated heterocycles. The minimum Gasteiger partial charge on any atom is -0.456 e. The van der Waals surface area contributed by atoms with Crippen LogP contribution in [0.1, 0.15) is 34.6 Å². The molecule has 2 aliphatic rings. The third-order valence-corrected chi connectivity index (χ3v) is 4.92. The maximum absolute atomic E-state index is 12.5. The van der Waals surface area contributed by atoms with Gasteiger partial charge in [-0.15, -0.1) is 0 Å². The maximum Gasteiger partial charge on any atom is 0.338 e. The van der Waals surface area contributed by atoms with E-state index in [0.29, 0.717) is 11.1 Å². The number of benzene rings is 2. The van der Waals surface area contributed by atoms with Crippen molar-refractivity contribution in [3.8, 4) is 0 Å². The Hall–Kier alpha value is -2.70. The molecule has 2 fully saturated rings. The van der Waals surface area contributed by atoms with Crippen molar-refractivity contribution in [2.45, 2.75) is 44.1 Å². The van der Waals surface area contributed by atoms with Crippen LogP contribution in [-0.4, -0.2) is 42.1 Å². The zero-order valence-corrected chi connectivity index (χ0v) is 15.0. The number of hydrogen-bond donors (Lipinski definition) is 0. The summed E-state index contributed by atoms with van der Waals surface area (Å²) in [6.07, 6.45) is -2.35. The molecule has 0 N–H and O–H groups in total. The van der Waals surface area contributed by atoms with Gasteiger partial charge in [0.1, 0.15) is 12.2 Å². The Morgan fingerprint density at radius 3 is 2.11 bits per heavy atom. The zero-order valence-electron chi connectivity index (χ0n) is 15.0. The van der Waals surface area contributed by atoms with Gasteiger partial charge in [-0.05, 0) is 38.1 Å². The van der Waals surface area contributed by atoms with Crippen molar-refractivity contribution in [3.63, 3.8) is 0 Å². The van der Waals surface area contributed by atoms with Crippen LogP contribution in [0.3, 0.4) is 0 Å². The van der Waals surface area contributed by atoms with E-state index in [1.807, 2.05) is 19.1 Å².